The molecule has 0 saturated heterocycles. The molecule has 0 saturated carbocycles. The van der Waals surface area contributed by atoms with Crippen molar-refractivity contribution in [1.29, 1.82) is 0 Å². The second-order valence-electron chi connectivity index (χ2n) is 6.48. The minimum Gasteiger partial charge on any atom is -0.305 e. The van der Waals surface area contributed by atoms with Gasteiger partial charge in [0.2, 0.25) is 0 Å². The molecule has 124 valence electrons. The molecule has 1 heterocycles. The fourth-order valence-electron chi connectivity index (χ4n) is 2.48. The number of fused-ring (bicyclic) bond motifs is 1. The molecule has 1 aromatic carbocycles. The highest BCUT2D eigenvalue weighted by atomic mass is 35.5. The molecule has 3 nitrogen and oxygen atoms in total. The highest BCUT2D eigenvalue weighted by Crippen LogP contribution is 2.20. The number of anilines is 1. The monoisotopic (exact) mass is 331 g/mol. The number of nitrogens with one attached hydrogen (secondary N) is 2. The van der Waals surface area contributed by atoms with Gasteiger partial charge in [0.1, 0.15) is 5.82 Å². The van der Waals surface area contributed by atoms with Crippen molar-refractivity contribution in [1.82, 2.24) is 10.4 Å². The fraction of sp³-hybridized carbons (Fsp3) is 0.421. The van der Waals surface area contributed by atoms with Crippen molar-refractivity contribution in [3.63, 3.8) is 0 Å². The lowest BCUT2D eigenvalue weighted by molar-refractivity contribution is 0.392. The Balaban J connectivity index is 2.04. The first kappa shape index (κ1) is 17.8. The predicted molar refractivity (Wildman–Crippen MR) is 101 cm³/mol. The Hall–Kier alpha value is -1.58. The smallest absolute Gasteiger partial charge is 0.140 e. The van der Waals surface area contributed by atoms with Crippen LogP contribution in [0.15, 0.2) is 43.0 Å². The van der Waals surface area contributed by atoms with Crippen LogP contribution in [0.25, 0.3) is 10.9 Å². The summed E-state index contributed by atoms with van der Waals surface area (Å²) in [6.07, 6.45) is 4.28. The lowest BCUT2D eigenvalue weighted by Crippen LogP contribution is -2.38. The number of halogens is 1. The normalized spacial score (nSPS) is 14.0. The van der Waals surface area contributed by atoms with Gasteiger partial charge in [-0.25, -0.2) is 10.4 Å². The van der Waals surface area contributed by atoms with E-state index in [0.717, 1.165) is 28.2 Å². The topological polar surface area (TPSA) is 37.0 Å². The summed E-state index contributed by atoms with van der Waals surface area (Å²) in [4.78, 5) is 4.61. The van der Waals surface area contributed by atoms with E-state index in [9.17, 15) is 0 Å². The standard InChI is InChI=1S/C19H26ClN3/c1-5-14(4)17(9-6-13(2)3)22-23-19-11-7-15-12-16(20)8-10-18(15)21-19/h5,7-8,10-14,17,22H,1,6,9H2,2-4H3,(H,21,23)/t14-,17-/m1/s1. The molecular formula is C19H26ClN3. The zero-order chi connectivity index (χ0) is 16.8. The van der Waals surface area contributed by atoms with Crippen LogP contribution >= 0.6 is 11.6 Å². The van der Waals surface area contributed by atoms with E-state index in [1.54, 1.807) is 0 Å². The van der Waals surface area contributed by atoms with E-state index >= 15 is 0 Å². The van der Waals surface area contributed by atoms with Crippen LogP contribution in [-0.2, 0) is 0 Å². The maximum Gasteiger partial charge on any atom is 0.140 e. The third-order valence-electron chi connectivity index (χ3n) is 4.10. The van der Waals surface area contributed by atoms with Gasteiger partial charge >= 0.3 is 0 Å². The third-order valence-corrected chi connectivity index (χ3v) is 4.33. The molecule has 0 radical (unpaired) electrons. The second kappa shape index (κ2) is 8.32. The van der Waals surface area contributed by atoms with Gasteiger partial charge in [-0.2, -0.15) is 0 Å². The first-order valence-electron chi connectivity index (χ1n) is 8.20. The van der Waals surface area contributed by atoms with Crippen molar-refractivity contribution < 1.29 is 0 Å². The summed E-state index contributed by atoms with van der Waals surface area (Å²) in [5.74, 6) is 1.89. The molecule has 2 aromatic rings. The second-order valence-corrected chi connectivity index (χ2v) is 6.91. The first-order chi connectivity index (χ1) is 11.0. The number of benzene rings is 1. The van der Waals surface area contributed by atoms with Crippen molar-refractivity contribution in [2.45, 2.75) is 39.7 Å². The Kier molecular flexibility index (Phi) is 6.43. The lowest BCUT2D eigenvalue weighted by atomic mass is 9.95. The summed E-state index contributed by atoms with van der Waals surface area (Å²) in [5.41, 5.74) is 7.58. The molecule has 0 amide bonds. The van der Waals surface area contributed by atoms with Gasteiger partial charge in [-0.1, -0.05) is 38.4 Å². The van der Waals surface area contributed by atoms with Gasteiger partial charge in [0.25, 0.3) is 0 Å². The van der Waals surface area contributed by atoms with E-state index in [-0.39, 0.29) is 0 Å². The van der Waals surface area contributed by atoms with Gasteiger partial charge in [-0.3, -0.25) is 0 Å². The average molecular weight is 332 g/mol. The molecule has 2 atom stereocenters. The molecule has 0 aliphatic heterocycles. The van der Waals surface area contributed by atoms with Crippen molar-refractivity contribution in [3.05, 3.63) is 48.0 Å². The first-order valence-corrected chi connectivity index (χ1v) is 8.58. The Morgan fingerprint density at radius 2 is 1.96 bits per heavy atom. The molecule has 0 spiro atoms. The van der Waals surface area contributed by atoms with E-state index in [1.165, 1.54) is 6.42 Å². The van der Waals surface area contributed by atoms with Crippen LogP contribution in [0.3, 0.4) is 0 Å². The number of nitrogens with zero attached hydrogens (tertiary/aromatic N) is 1. The Morgan fingerprint density at radius 1 is 1.17 bits per heavy atom. The van der Waals surface area contributed by atoms with Crippen LogP contribution in [0.5, 0.6) is 0 Å². The fourth-order valence-corrected chi connectivity index (χ4v) is 2.66. The Morgan fingerprint density at radius 3 is 2.65 bits per heavy atom. The van der Waals surface area contributed by atoms with Crippen LogP contribution in [0.4, 0.5) is 5.82 Å². The maximum absolute atomic E-state index is 6.01. The van der Waals surface area contributed by atoms with Gasteiger partial charge in [-0.05, 0) is 55.0 Å². The van der Waals surface area contributed by atoms with Crippen LogP contribution in [-0.4, -0.2) is 11.0 Å². The molecular weight excluding hydrogens is 306 g/mol. The molecule has 0 unspecified atom stereocenters. The summed E-state index contributed by atoms with van der Waals surface area (Å²) >= 11 is 6.01. The highest BCUT2D eigenvalue weighted by molar-refractivity contribution is 6.31. The molecule has 0 bridgehead atoms. The molecule has 2 rings (SSSR count). The van der Waals surface area contributed by atoms with Crippen molar-refractivity contribution in [2.75, 3.05) is 5.43 Å². The molecule has 1 aromatic heterocycles. The summed E-state index contributed by atoms with van der Waals surface area (Å²) in [5, 5.41) is 1.77. The minimum atomic E-state index is 0.331. The van der Waals surface area contributed by atoms with Crippen LogP contribution < -0.4 is 10.9 Å². The molecule has 2 N–H and O–H groups in total. The average Bonchev–Trinajstić information content (AvgIpc) is 2.54. The van der Waals surface area contributed by atoms with Gasteiger partial charge in [-0.15, -0.1) is 6.58 Å². The third kappa shape index (κ3) is 5.22. The van der Waals surface area contributed by atoms with Crippen molar-refractivity contribution >= 4 is 28.3 Å². The van der Waals surface area contributed by atoms with Crippen molar-refractivity contribution in [2.24, 2.45) is 11.8 Å². The van der Waals surface area contributed by atoms with E-state index in [2.05, 4.69) is 43.2 Å². The molecule has 0 aliphatic carbocycles. The lowest BCUT2D eigenvalue weighted by Gasteiger charge is -2.24. The summed E-state index contributed by atoms with van der Waals surface area (Å²) in [6, 6.07) is 10.0. The summed E-state index contributed by atoms with van der Waals surface area (Å²) < 4.78 is 0. The van der Waals surface area contributed by atoms with Crippen molar-refractivity contribution in [3.8, 4) is 0 Å². The van der Waals surface area contributed by atoms with E-state index in [1.807, 2.05) is 36.4 Å². The number of aromatic nitrogens is 1. The molecule has 4 heteroatoms. The number of hydrogen-bond donors (Lipinski definition) is 2. The Labute approximate surface area is 144 Å². The van der Waals surface area contributed by atoms with Crippen LogP contribution in [0.2, 0.25) is 5.02 Å². The van der Waals surface area contributed by atoms with E-state index in [0.29, 0.717) is 17.9 Å². The number of rotatable bonds is 8. The van der Waals surface area contributed by atoms with E-state index < -0.39 is 0 Å². The SMILES string of the molecule is C=C[C@@H](C)[C@@H](CCC(C)C)NNc1ccc2cc(Cl)ccc2n1. The highest BCUT2D eigenvalue weighted by Gasteiger charge is 2.15. The molecule has 0 fully saturated rings. The molecule has 23 heavy (non-hydrogen) atoms. The van der Waals surface area contributed by atoms with Gasteiger partial charge in [0.15, 0.2) is 0 Å². The van der Waals surface area contributed by atoms with Gasteiger partial charge in [0.05, 0.1) is 5.52 Å². The number of pyridine rings is 1. The summed E-state index contributed by atoms with van der Waals surface area (Å²) in [7, 11) is 0. The summed E-state index contributed by atoms with van der Waals surface area (Å²) in [6.45, 7) is 10.6. The van der Waals surface area contributed by atoms with Gasteiger partial charge < -0.3 is 5.43 Å². The molecule has 0 aliphatic rings. The number of hydrazine groups is 1. The van der Waals surface area contributed by atoms with E-state index in [4.69, 9.17) is 11.6 Å². The van der Waals surface area contributed by atoms with Gasteiger partial charge in [0, 0.05) is 16.5 Å². The minimum absolute atomic E-state index is 0.331. The van der Waals surface area contributed by atoms with Crippen LogP contribution in [0.1, 0.15) is 33.6 Å². The zero-order valence-electron chi connectivity index (χ0n) is 14.1. The zero-order valence-corrected chi connectivity index (χ0v) is 14.9. The Bertz CT molecular complexity index is 654. The number of hydrogen-bond acceptors (Lipinski definition) is 3. The van der Waals surface area contributed by atoms with Crippen LogP contribution in [0, 0.1) is 11.8 Å². The predicted octanol–water partition coefficient (Wildman–Crippen LogP) is 5.43. The quantitative estimate of drug-likeness (QED) is 0.500. The largest absolute Gasteiger partial charge is 0.305 e. The maximum atomic E-state index is 6.01.